The molecule has 2 fully saturated rings. The van der Waals surface area contributed by atoms with Gasteiger partial charge in [0.05, 0.1) is 24.7 Å². The van der Waals surface area contributed by atoms with E-state index in [1.54, 1.807) is 6.33 Å². The van der Waals surface area contributed by atoms with Crippen molar-refractivity contribution in [2.45, 2.75) is 65.1 Å². The molecule has 28 heavy (non-hydrogen) atoms. The van der Waals surface area contributed by atoms with Gasteiger partial charge in [-0.15, -0.1) is 0 Å². The summed E-state index contributed by atoms with van der Waals surface area (Å²) >= 11 is 0. The second-order valence-electron chi connectivity index (χ2n) is 8.49. The molecule has 152 valence electrons. The highest BCUT2D eigenvalue weighted by atomic mass is 16.5. The Labute approximate surface area is 165 Å². The molecule has 4 rings (SSSR count). The number of hydrogen-bond acceptors (Lipinski definition) is 5. The molecule has 0 aromatic carbocycles. The van der Waals surface area contributed by atoms with Crippen molar-refractivity contribution in [2.75, 3.05) is 13.2 Å². The summed E-state index contributed by atoms with van der Waals surface area (Å²) in [6, 6.07) is 0.0461. The van der Waals surface area contributed by atoms with Crippen molar-refractivity contribution in [3.05, 3.63) is 18.1 Å². The Kier molecular flexibility index (Phi) is 5.53. The van der Waals surface area contributed by atoms with E-state index in [0.29, 0.717) is 25.0 Å². The van der Waals surface area contributed by atoms with E-state index in [2.05, 4.69) is 33.0 Å². The highest BCUT2D eigenvalue weighted by Crippen LogP contribution is 2.35. The lowest BCUT2D eigenvalue weighted by Crippen LogP contribution is -2.40. The van der Waals surface area contributed by atoms with Gasteiger partial charge in [0.25, 0.3) is 0 Å². The topological polar surface area (TPSA) is 78.3 Å². The van der Waals surface area contributed by atoms with Crippen molar-refractivity contribution in [1.29, 1.82) is 0 Å². The molecule has 2 heterocycles. The summed E-state index contributed by atoms with van der Waals surface area (Å²) in [6.45, 7) is 7.83. The summed E-state index contributed by atoms with van der Waals surface area (Å²) in [4.78, 5) is 19.9. The Morgan fingerprint density at radius 3 is 2.82 bits per heavy atom. The first kappa shape index (κ1) is 19.2. The van der Waals surface area contributed by atoms with E-state index in [0.717, 1.165) is 36.3 Å². The van der Waals surface area contributed by atoms with Gasteiger partial charge in [-0.1, -0.05) is 0 Å². The van der Waals surface area contributed by atoms with Gasteiger partial charge in [-0.3, -0.25) is 4.79 Å². The maximum atomic E-state index is 11.0. The SMILES string of the molecule is CC(=O)N[C@@H](C)CO[C@H]1C[C@H](COc2ncnc3c2c(C)cn3CC2CC2)C1. The van der Waals surface area contributed by atoms with Crippen LogP contribution in [-0.4, -0.2) is 45.8 Å². The zero-order valence-electron chi connectivity index (χ0n) is 17.0. The molecule has 0 aliphatic heterocycles. The predicted octanol–water partition coefficient (Wildman–Crippen LogP) is 2.85. The highest BCUT2D eigenvalue weighted by molar-refractivity contribution is 5.85. The molecular weight excluding hydrogens is 356 g/mol. The zero-order chi connectivity index (χ0) is 19.7. The molecule has 0 unspecified atom stereocenters. The molecule has 2 saturated carbocycles. The van der Waals surface area contributed by atoms with Gasteiger partial charge in [0.1, 0.15) is 12.0 Å². The van der Waals surface area contributed by atoms with Crippen LogP contribution in [0, 0.1) is 18.8 Å². The lowest BCUT2D eigenvalue weighted by atomic mass is 9.83. The van der Waals surface area contributed by atoms with Crippen molar-refractivity contribution < 1.29 is 14.3 Å². The maximum absolute atomic E-state index is 11.0. The normalized spacial score (nSPS) is 22.7. The van der Waals surface area contributed by atoms with E-state index in [1.165, 1.54) is 25.3 Å². The Balaban J connectivity index is 1.27. The number of carbonyl (C=O) groups excluding carboxylic acids is 1. The molecule has 0 saturated heterocycles. The Morgan fingerprint density at radius 2 is 2.11 bits per heavy atom. The van der Waals surface area contributed by atoms with Gasteiger partial charge in [0.15, 0.2) is 0 Å². The monoisotopic (exact) mass is 386 g/mol. The van der Waals surface area contributed by atoms with Crippen LogP contribution in [-0.2, 0) is 16.1 Å². The van der Waals surface area contributed by atoms with Crippen LogP contribution in [0.15, 0.2) is 12.5 Å². The van der Waals surface area contributed by atoms with Crippen LogP contribution in [0.3, 0.4) is 0 Å². The minimum Gasteiger partial charge on any atom is -0.477 e. The molecule has 1 atom stereocenters. The van der Waals surface area contributed by atoms with Gasteiger partial charge in [-0.2, -0.15) is 0 Å². The van der Waals surface area contributed by atoms with Crippen LogP contribution in [0.4, 0.5) is 0 Å². The molecular formula is C21H30N4O3. The van der Waals surface area contributed by atoms with Crippen molar-refractivity contribution >= 4 is 16.9 Å². The molecule has 2 aromatic rings. The molecule has 2 aliphatic rings. The molecule has 0 spiro atoms. The summed E-state index contributed by atoms with van der Waals surface area (Å²) in [5.41, 5.74) is 2.16. The van der Waals surface area contributed by atoms with Gasteiger partial charge in [0.2, 0.25) is 11.8 Å². The Hall–Kier alpha value is -2.15. The minimum absolute atomic E-state index is 0.0200. The van der Waals surface area contributed by atoms with Gasteiger partial charge in [-0.25, -0.2) is 9.97 Å². The summed E-state index contributed by atoms with van der Waals surface area (Å²) in [6.07, 6.45) is 8.66. The number of aromatic nitrogens is 3. The van der Waals surface area contributed by atoms with Crippen molar-refractivity contribution in [3.63, 3.8) is 0 Å². The Bertz CT molecular complexity index is 840. The fourth-order valence-corrected chi connectivity index (χ4v) is 3.92. The number of hydrogen-bond donors (Lipinski definition) is 1. The number of aryl methyl sites for hydroxylation is 1. The smallest absolute Gasteiger partial charge is 0.226 e. The number of nitrogens with zero attached hydrogens (tertiary/aromatic N) is 3. The second kappa shape index (κ2) is 8.07. The summed E-state index contributed by atoms with van der Waals surface area (Å²) in [7, 11) is 0. The third-order valence-corrected chi connectivity index (χ3v) is 5.64. The van der Waals surface area contributed by atoms with Crippen molar-refractivity contribution in [2.24, 2.45) is 11.8 Å². The standard InChI is InChI=1S/C21H30N4O3/c1-13-8-25(9-16-4-5-16)20-19(13)21(23-12-22-20)28-11-17-6-18(7-17)27-10-14(2)24-15(3)26/h8,12,14,16-18H,4-7,9-11H2,1-3H3,(H,24,26)/t14-,17-,18-/m0/s1. The average Bonchev–Trinajstić information content (AvgIpc) is 3.36. The highest BCUT2D eigenvalue weighted by Gasteiger charge is 2.31. The van der Waals surface area contributed by atoms with E-state index in [4.69, 9.17) is 9.47 Å². The number of nitrogens with one attached hydrogen (secondary N) is 1. The lowest BCUT2D eigenvalue weighted by Gasteiger charge is -2.35. The number of amides is 1. The first-order valence-corrected chi connectivity index (χ1v) is 10.3. The average molecular weight is 386 g/mol. The number of rotatable bonds is 9. The van der Waals surface area contributed by atoms with E-state index in [1.807, 2.05) is 6.92 Å². The van der Waals surface area contributed by atoms with E-state index in [-0.39, 0.29) is 18.1 Å². The number of fused-ring (bicyclic) bond motifs is 1. The molecule has 0 bridgehead atoms. The predicted molar refractivity (Wildman–Crippen MR) is 106 cm³/mol. The third-order valence-electron chi connectivity index (χ3n) is 5.64. The molecule has 0 radical (unpaired) electrons. The van der Waals surface area contributed by atoms with Gasteiger partial charge in [0, 0.05) is 25.7 Å². The molecule has 1 N–H and O–H groups in total. The summed E-state index contributed by atoms with van der Waals surface area (Å²) in [5.74, 6) is 1.96. The lowest BCUT2D eigenvalue weighted by molar-refractivity contribution is -0.120. The van der Waals surface area contributed by atoms with E-state index >= 15 is 0 Å². The quantitative estimate of drug-likeness (QED) is 0.717. The largest absolute Gasteiger partial charge is 0.477 e. The first-order valence-electron chi connectivity index (χ1n) is 10.3. The van der Waals surface area contributed by atoms with Gasteiger partial charge >= 0.3 is 0 Å². The third kappa shape index (κ3) is 4.46. The number of ether oxygens (including phenoxy) is 2. The van der Waals surface area contributed by atoms with E-state index in [9.17, 15) is 4.79 Å². The second-order valence-corrected chi connectivity index (χ2v) is 8.49. The van der Waals surface area contributed by atoms with Gasteiger partial charge < -0.3 is 19.4 Å². The fourth-order valence-electron chi connectivity index (χ4n) is 3.92. The molecule has 7 heteroatoms. The molecule has 1 amide bonds. The number of carbonyl (C=O) groups is 1. The first-order chi connectivity index (χ1) is 13.5. The van der Waals surface area contributed by atoms with Crippen LogP contribution in [0.1, 0.15) is 45.1 Å². The van der Waals surface area contributed by atoms with Crippen LogP contribution < -0.4 is 10.1 Å². The minimum atomic E-state index is -0.0200. The fraction of sp³-hybridized carbons (Fsp3) is 0.667. The van der Waals surface area contributed by atoms with Crippen molar-refractivity contribution in [3.8, 4) is 5.88 Å². The zero-order valence-corrected chi connectivity index (χ0v) is 17.0. The maximum Gasteiger partial charge on any atom is 0.226 e. The van der Waals surface area contributed by atoms with Crippen LogP contribution in [0.2, 0.25) is 0 Å². The van der Waals surface area contributed by atoms with E-state index < -0.39 is 0 Å². The summed E-state index contributed by atoms with van der Waals surface area (Å²) in [5, 5.41) is 3.88. The van der Waals surface area contributed by atoms with Crippen LogP contribution in [0.25, 0.3) is 11.0 Å². The summed E-state index contributed by atoms with van der Waals surface area (Å²) < 4.78 is 14.2. The molecule has 7 nitrogen and oxygen atoms in total. The van der Waals surface area contributed by atoms with Crippen LogP contribution >= 0.6 is 0 Å². The molecule has 2 aromatic heterocycles. The van der Waals surface area contributed by atoms with Gasteiger partial charge in [-0.05, 0) is 56.9 Å². The Morgan fingerprint density at radius 1 is 1.32 bits per heavy atom. The van der Waals surface area contributed by atoms with Crippen molar-refractivity contribution in [1.82, 2.24) is 19.9 Å². The van der Waals surface area contributed by atoms with Crippen LogP contribution in [0.5, 0.6) is 5.88 Å². The molecule has 2 aliphatic carbocycles.